The van der Waals surface area contributed by atoms with Crippen LogP contribution < -0.4 is 5.32 Å². The van der Waals surface area contributed by atoms with E-state index in [1.165, 1.54) is 4.88 Å². The van der Waals surface area contributed by atoms with Gasteiger partial charge in [-0.3, -0.25) is 9.59 Å². The molecule has 1 aromatic heterocycles. The molecular formula is C24H29ClN2O3S. The quantitative estimate of drug-likeness (QED) is 0.678. The summed E-state index contributed by atoms with van der Waals surface area (Å²) in [5, 5.41) is 4.19. The molecule has 2 aliphatic rings. The molecule has 0 radical (unpaired) electrons. The van der Waals surface area contributed by atoms with E-state index in [-0.39, 0.29) is 17.2 Å². The van der Waals surface area contributed by atoms with Gasteiger partial charge in [-0.1, -0.05) is 38.4 Å². The number of fused-ring (bicyclic) bond motifs is 1. The highest BCUT2D eigenvalue weighted by molar-refractivity contribution is 7.17. The van der Waals surface area contributed by atoms with Gasteiger partial charge >= 0.3 is 0 Å². The van der Waals surface area contributed by atoms with E-state index < -0.39 is 0 Å². The molecule has 1 N–H and O–H groups in total. The van der Waals surface area contributed by atoms with Crippen LogP contribution in [-0.4, -0.2) is 43.0 Å². The summed E-state index contributed by atoms with van der Waals surface area (Å²) >= 11 is 7.62. The number of morpholine rings is 1. The lowest BCUT2D eigenvalue weighted by molar-refractivity contribution is 0.0303. The van der Waals surface area contributed by atoms with Crippen molar-refractivity contribution in [2.45, 2.75) is 40.0 Å². The molecule has 4 rings (SSSR count). The number of nitrogens with one attached hydrogen (secondary N) is 1. The van der Waals surface area contributed by atoms with Crippen LogP contribution in [0.4, 0.5) is 5.00 Å². The Bertz CT molecular complexity index is 989. The summed E-state index contributed by atoms with van der Waals surface area (Å²) in [6.07, 6.45) is 2.87. The van der Waals surface area contributed by atoms with Crippen LogP contribution in [0.3, 0.4) is 0 Å². The van der Waals surface area contributed by atoms with Crippen molar-refractivity contribution in [1.29, 1.82) is 0 Å². The van der Waals surface area contributed by atoms with Crippen molar-refractivity contribution in [3.8, 4) is 0 Å². The Balaban J connectivity index is 1.68. The number of carbonyl (C=O) groups excluding carboxylic acids is 2. The lowest BCUT2D eigenvalue weighted by atomic mass is 9.72. The molecule has 1 fully saturated rings. The van der Waals surface area contributed by atoms with E-state index >= 15 is 0 Å². The molecule has 0 bridgehead atoms. The molecule has 0 unspecified atom stereocenters. The first-order chi connectivity index (χ1) is 14.7. The highest BCUT2D eigenvalue weighted by Gasteiger charge is 2.35. The van der Waals surface area contributed by atoms with Gasteiger partial charge in [0.05, 0.1) is 18.8 Å². The average Bonchev–Trinajstić information content (AvgIpc) is 3.10. The standard InChI is InChI=1S/C24H29ClN2O3S/c1-24(2,3)16-7-8-18-19(14-16)31-22(20(18)23(29)27-9-11-30-12-10-27)26-21(28)15-5-4-6-17(25)13-15/h4-6,13,16H,7-12,14H2,1-3H3,(H,26,28)/t16-/m1/s1. The molecule has 1 saturated heterocycles. The monoisotopic (exact) mass is 460 g/mol. The van der Waals surface area contributed by atoms with Crippen molar-refractivity contribution in [2.24, 2.45) is 11.3 Å². The van der Waals surface area contributed by atoms with Gasteiger partial charge < -0.3 is 15.0 Å². The number of ether oxygens (including phenoxy) is 1. The summed E-state index contributed by atoms with van der Waals surface area (Å²) < 4.78 is 5.42. The Hall–Kier alpha value is -1.89. The van der Waals surface area contributed by atoms with Gasteiger partial charge in [0.1, 0.15) is 5.00 Å². The van der Waals surface area contributed by atoms with Crippen LogP contribution in [0.15, 0.2) is 24.3 Å². The topological polar surface area (TPSA) is 58.6 Å². The average molecular weight is 461 g/mol. The van der Waals surface area contributed by atoms with E-state index in [2.05, 4.69) is 26.1 Å². The number of carbonyl (C=O) groups is 2. The van der Waals surface area contributed by atoms with Crippen molar-refractivity contribution in [1.82, 2.24) is 4.90 Å². The van der Waals surface area contributed by atoms with E-state index in [1.54, 1.807) is 35.6 Å². The smallest absolute Gasteiger partial charge is 0.257 e. The van der Waals surface area contributed by atoms with Crippen molar-refractivity contribution in [2.75, 3.05) is 31.6 Å². The molecule has 1 aliphatic heterocycles. The normalized spacial score (nSPS) is 19.1. The zero-order valence-corrected chi connectivity index (χ0v) is 19.9. The van der Waals surface area contributed by atoms with E-state index in [0.29, 0.717) is 53.4 Å². The molecular weight excluding hydrogens is 432 g/mol. The first-order valence-corrected chi connectivity index (χ1v) is 12.0. The van der Waals surface area contributed by atoms with Gasteiger partial charge in [0.25, 0.3) is 11.8 Å². The third kappa shape index (κ3) is 4.81. The van der Waals surface area contributed by atoms with Crippen LogP contribution in [0.25, 0.3) is 0 Å². The number of hydrogen-bond donors (Lipinski definition) is 1. The number of anilines is 1. The molecule has 1 atom stereocenters. The molecule has 5 nitrogen and oxygen atoms in total. The summed E-state index contributed by atoms with van der Waals surface area (Å²) in [6, 6.07) is 6.87. The van der Waals surface area contributed by atoms with Crippen molar-refractivity contribution < 1.29 is 14.3 Å². The Kier molecular flexibility index (Phi) is 6.42. The van der Waals surface area contributed by atoms with Crippen LogP contribution in [-0.2, 0) is 17.6 Å². The minimum atomic E-state index is -0.246. The number of amides is 2. The van der Waals surface area contributed by atoms with E-state index in [9.17, 15) is 9.59 Å². The lowest BCUT2D eigenvalue weighted by Crippen LogP contribution is -2.41. The van der Waals surface area contributed by atoms with Crippen LogP contribution in [0.1, 0.15) is 58.3 Å². The van der Waals surface area contributed by atoms with E-state index in [1.807, 2.05) is 4.90 Å². The number of thiophene rings is 1. The van der Waals surface area contributed by atoms with Crippen molar-refractivity contribution >= 4 is 39.8 Å². The van der Waals surface area contributed by atoms with Gasteiger partial charge in [-0.05, 0) is 54.4 Å². The number of benzene rings is 1. The molecule has 166 valence electrons. The minimum absolute atomic E-state index is 0.00333. The first kappa shape index (κ1) is 22.3. The maximum Gasteiger partial charge on any atom is 0.257 e. The van der Waals surface area contributed by atoms with Gasteiger partial charge in [-0.25, -0.2) is 0 Å². The number of nitrogens with zero attached hydrogens (tertiary/aromatic N) is 1. The zero-order chi connectivity index (χ0) is 22.2. The van der Waals surface area contributed by atoms with E-state index in [0.717, 1.165) is 24.8 Å². The summed E-state index contributed by atoms with van der Waals surface area (Å²) in [6.45, 7) is 9.09. The Morgan fingerprint density at radius 2 is 1.97 bits per heavy atom. The van der Waals surface area contributed by atoms with Gasteiger partial charge in [-0.15, -0.1) is 11.3 Å². The van der Waals surface area contributed by atoms with E-state index in [4.69, 9.17) is 16.3 Å². The highest BCUT2D eigenvalue weighted by Crippen LogP contribution is 2.44. The largest absolute Gasteiger partial charge is 0.378 e. The summed E-state index contributed by atoms with van der Waals surface area (Å²) in [5.41, 5.74) is 2.48. The van der Waals surface area contributed by atoms with Gasteiger partial charge in [0, 0.05) is 28.6 Å². The fraction of sp³-hybridized carbons (Fsp3) is 0.500. The zero-order valence-electron chi connectivity index (χ0n) is 18.3. The summed E-state index contributed by atoms with van der Waals surface area (Å²) in [4.78, 5) is 29.5. The fourth-order valence-corrected chi connectivity index (χ4v) is 5.87. The van der Waals surface area contributed by atoms with Crippen LogP contribution in [0.5, 0.6) is 0 Å². The SMILES string of the molecule is CC(C)(C)[C@@H]1CCc2c(sc(NC(=O)c3cccc(Cl)c3)c2C(=O)N2CCOCC2)C1. The van der Waals surface area contributed by atoms with Crippen LogP contribution in [0.2, 0.25) is 5.02 Å². The van der Waals surface area contributed by atoms with Crippen LogP contribution in [0, 0.1) is 11.3 Å². The third-order valence-electron chi connectivity index (χ3n) is 6.32. The summed E-state index contributed by atoms with van der Waals surface area (Å²) in [7, 11) is 0. The van der Waals surface area contributed by atoms with Crippen LogP contribution >= 0.6 is 22.9 Å². The maximum atomic E-state index is 13.5. The predicted molar refractivity (Wildman–Crippen MR) is 125 cm³/mol. The molecule has 31 heavy (non-hydrogen) atoms. The number of rotatable bonds is 3. The summed E-state index contributed by atoms with van der Waals surface area (Å²) in [5.74, 6) is 0.308. The molecule has 2 amide bonds. The minimum Gasteiger partial charge on any atom is -0.378 e. The van der Waals surface area contributed by atoms with Gasteiger partial charge in [0.15, 0.2) is 0 Å². The molecule has 0 saturated carbocycles. The fourth-order valence-electron chi connectivity index (χ4n) is 4.37. The lowest BCUT2D eigenvalue weighted by Gasteiger charge is -2.34. The predicted octanol–water partition coefficient (Wildman–Crippen LogP) is 5.28. The molecule has 2 heterocycles. The Labute approximate surface area is 192 Å². The molecule has 0 spiro atoms. The Morgan fingerprint density at radius 1 is 1.23 bits per heavy atom. The third-order valence-corrected chi connectivity index (χ3v) is 7.72. The second-order valence-corrected chi connectivity index (χ2v) is 10.9. The molecule has 7 heteroatoms. The number of hydrogen-bond acceptors (Lipinski definition) is 4. The van der Waals surface area contributed by atoms with Crippen molar-refractivity contribution in [3.05, 3.63) is 50.9 Å². The molecule has 1 aromatic carbocycles. The molecule has 1 aliphatic carbocycles. The second-order valence-electron chi connectivity index (χ2n) is 9.38. The Morgan fingerprint density at radius 3 is 2.65 bits per heavy atom. The first-order valence-electron chi connectivity index (χ1n) is 10.8. The maximum absolute atomic E-state index is 13.5. The highest BCUT2D eigenvalue weighted by atomic mass is 35.5. The second kappa shape index (κ2) is 8.93. The molecule has 2 aromatic rings. The number of halogens is 1. The van der Waals surface area contributed by atoms with Crippen molar-refractivity contribution in [3.63, 3.8) is 0 Å². The van der Waals surface area contributed by atoms with Gasteiger partial charge in [-0.2, -0.15) is 0 Å². The van der Waals surface area contributed by atoms with Gasteiger partial charge in [0.2, 0.25) is 0 Å².